The van der Waals surface area contributed by atoms with Gasteiger partial charge in [-0.05, 0) is 62.5 Å². The number of aromatic nitrogens is 2. The van der Waals surface area contributed by atoms with E-state index in [-0.39, 0.29) is 11.3 Å². The third-order valence-electron chi connectivity index (χ3n) is 5.65. The quantitative estimate of drug-likeness (QED) is 0.502. The molecule has 0 amide bonds. The number of anilines is 1. The Labute approximate surface area is 181 Å². The Bertz CT molecular complexity index is 1070. The van der Waals surface area contributed by atoms with Crippen LogP contribution < -0.4 is 15.8 Å². The zero-order valence-electron chi connectivity index (χ0n) is 17.3. The van der Waals surface area contributed by atoms with Crippen molar-refractivity contribution < 1.29 is 9.13 Å². The second kappa shape index (κ2) is 9.66. The van der Waals surface area contributed by atoms with Crippen molar-refractivity contribution in [2.24, 2.45) is 5.92 Å². The van der Waals surface area contributed by atoms with Crippen molar-refractivity contribution in [2.75, 3.05) is 25.4 Å². The zero-order chi connectivity index (χ0) is 21.6. The van der Waals surface area contributed by atoms with Crippen molar-refractivity contribution in [3.8, 4) is 17.0 Å². The first-order chi connectivity index (χ1) is 15.1. The Morgan fingerprint density at radius 1 is 1.16 bits per heavy atom. The molecule has 0 bridgehead atoms. The minimum absolute atomic E-state index is 0.0107. The van der Waals surface area contributed by atoms with Crippen LogP contribution in [0.2, 0.25) is 0 Å². The van der Waals surface area contributed by atoms with Gasteiger partial charge in [0.15, 0.2) is 0 Å². The van der Waals surface area contributed by atoms with Gasteiger partial charge in [0.1, 0.15) is 11.6 Å². The van der Waals surface area contributed by atoms with E-state index in [0.717, 1.165) is 25.1 Å². The Morgan fingerprint density at radius 2 is 1.97 bits per heavy atom. The van der Waals surface area contributed by atoms with Gasteiger partial charge in [0.05, 0.1) is 35.5 Å². The van der Waals surface area contributed by atoms with Gasteiger partial charge < -0.3 is 15.8 Å². The second-order valence-electron chi connectivity index (χ2n) is 7.71. The number of nitrogens with zero attached hydrogens (tertiary/aromatic N) is 2. The van der Waals surface area contributed by atoms with Crippen molar-refractivity contribution in [1.82, 2.24) is 15.3 Å². The molecule has 160 valence electrons. The molecular formula is C24H26FN5O. The van der Waals surface area contributed by atoms with Gasteiger partial charge in [0.25, 0.3) is 0 Å². The number of rotatable bonds is 7. The number of pyridine rings is 2. The van der Waals surface area contributed by atoms with Crippen molar-refractivity contribution in [2.45, 2.75) is 19.3 Å². The van der Waals surface area contributed by atoms with Gasteiger partial charge in [0.2, 0.25) is 0 Å². The summed E-state index contributed by atoms with van der Waals surface area (Å²) in [6.45, 7) is 2.75. The van der Waals surface area contributed by atoms with Gasteiger partial charge in [-0.2, -0.15) is 0 Å². The van der Waals surface area contributed by atoms with Crippen molar-refractivity contribution in [1.29, 1.82) is 5.41 Å². The average molecular weight is 420 g/mol. The summed E-state index contributed by atoms with van der Waals surface area (Å²) < 4.78 is 20.3. The first-order valence-electron chi connectivity index (χ1n) is 10.5. The fourth-order valence-corrected chi connectivity index (χ4v) is 3.84. The van der Waals surface area contributed by atoms with E-state index in [4.69, 9.17) is 15.9 Å². The molecule has 2 aromatic heterocycles. The Balaban J connectivity index is 1.56. The van der Waals surface area contributed by atoms with Gasteiger partial charge >= 0.3 is 0 Å². The summed E-state index contributed by atoms with van der Waals surface area (Å²) in [6, 6.07) is 9.70. The minimum Gasteiger partial charge on any atom is -0.493 e. The Kier molecular flexibility index (Phi) is 6.52. The first-order valence-corrected chi connectivity index (χ1v) is 10.5. The fourth-order valence-electron chi connectivity index (χ4n) is 3.84. The SMILES string of the molecule is N=C(c1cc(-c2cnccc2OCCC2CCNCC2)ncc1N)c1ccccc1F. The molecule has 0 radical (unpaired) electrons. The molecule has 7 heteroatoms. The van der Waals surface area contributed by atoms with Crippen LogP contribution in [0.4, 0.5) is 10.1 Å². The maximum absolute atomic E-state index is 14.2. The fraction of sp³-hybridized carbons (Fsp3) is 0.292. The predicted octanol–water partition coefficient (Wildman–Crippen LogP) is 4.05. The lowest BCUT2D eigenvalue weighted by Gasteiger charge is -2.22. The minimum atomic E-state index is -0.464. The average Bonchev–Trinajstić information content (AvgIpc) is 2.80. The molecule has 6 nitrogen and oxygen atoms in total. The van der Waals surface area contributed by atoms with Crippen LogP contribution >= 0.6 is 0 Å². The van der Waals surface area contributed by atoms with Gasteiger partial charge in [-0.1, -0.05) is 12.1 Å². The molecule has 1 aromatic carbocycles. The number of nitrogens with two attached hydrogens (primary N) is 1. The first kappa shape index (κ1) is 20.9. The van der Waals surface area contributed by atoms with E-state index in [0.29, 0.717) is 35.2 Å². The van der Waals surface area contributed by atoms with Crippen LogP contribution in [0.5, 0.6) is 5.75 Å². The number of nitrogens with one attached hydrogen (secondary N) is 2. The van der Waals surface area contributed by atoms with Crippen LogP contribution in [0, 0.1) is 17.1 Å². The molecule has 0 aliphatic carbocycles. The molecule has 4 rings (SSSR count). The molecule has 3 aromatic rings. The topological polar surface area (TPSA) is 96.9 Å². The smallest absolute Gasteiger partial charge is 0.132 e. The van der Waals surface area contributed by atoms with Gasteiger partial charge in [-0.15, -0.1) is 0 Å². The van der Waals surface area contributed by atoms with Gasteiger partial charge in [-0.25, -0.2) is 4.39 Å². The summed E-state index contributed by atoms with van der Waals surface area (Å²) in [5, 5.41) is 11.9. The molecule has 4 N–H and O–H groups in total. The third kappa shape index (κ3) is 4.88. The number of hydrogen-bond donors (Lipinski definition) is 3. The summed E-state index contributed by atoms with van der Waals surface area (Å²) in [7, 11) is 0. The van der Waals surface area contributed by atoms with Crippen molar-refractivity contribution in [3.63, 3.8) is 0 Å². The van der Waals surface area contributed by atoms with Crippen LogP contribution in [-0.4, -0.2) is 35.4 Å². The maximum Gasteiger partial charge on any atom is 0.132 e. The largest absolute Gasteiger partial charge is 0.493 e. The second-order valence-corrected chi connectivity index (χ2v) is 7.71. The monoisotopic (exact) mass is 419 g/mol. The molecule has 1 aliphatic heterocycles. The van der Waals surface area contributed by atoms with E-state index < -0.39 is 5.82 Å². The predicted molar refractivity (Wildman–Crippen MR) is 120 cm³/mol. The molecule has 0 atom stereocenters. The molecule has 0 saturated carbocycles. The van der Waals surface area contributed by atoms with Crippen molar-refractivity contribution in [3.05, 3.63) is 71.9 Å². The highest BCUT2D eigenvalue weighted by Gasteiger charge is 2.17. The van der Waals surface area contributed by atoms with E-state index in [1.165, 1.54) is 25.1 Å². The molecule has 0 spiro atoms. The van der Waals surface area contributed by atoms with Crippen molar-refractivity contribution >= 4 is 11.4 Å². The molecule has 0 unspecified atom stereocenters. The summed E-state index contributed by atoms with van der Waals surface area (Å²) in [6.07, 6.45) is 8.21. The molecule has 1 fully saturated rings. The Morgan fingerprint density at radius 3 is 2.77 bits per heavy atom. The zero-order valence-corrected chi connectivity index (χ0v) is 17.3. The number of hydrogen-bond acceptors (Lipinski definition) is 6. The molecule has 3 heterocycles. The summed E-state index contributed by atoms with van der Waals surface area (Å²) in [5.74, 6) is 0.896. The lowest BCUT2D eigenvalue weighted by molar-refractivity contribution is 0.252. The van der Waals surface area contributed by atoms with Gasteiger partial charge in [0, 0.05) is 23.5 Å². The summed E-state index contributed by atoms with van der Waals surface area (Å²) >= 11 is 0. The molecule has 1 saturated heterocycles. The van der Waals surface area contributed by atoms with E-state index in [1.807, 2.05) is 6.07 Å². The van der Waals surface area contributed by atoms with Crippen LogP contribution in [0.15, 0.2) is 55.0 Å². The standard InChI is InChI=1S/C24H26FN5O/c25-20-4-2-1-3-17(20)24(27)18-13-22(30-15-21(18)26)19-14-29-11-7-23(19)31-12-8-16-5-9-28-10-6-16/h1-4,7,11,13-16,27-28H,5-6,8-10,12,26H2. The van der Waals surface area contributed by atoms with Crippen LogP contribution in [0.3, 0.4) is 0 Å². The van der Waals surface area contributed by atoms with Crippen LogP contribution in [-0.2, 0) is 0 Å². The number of piperidine rings is 1. The number of nitrogen functional groups attached to an aromatic ring is 1. The molecular weight excluding hydrogens is 393 g/mol. The van der Waals surface area contributed by atoms with E-state index >= 15 is 0 Å². The highest BCUT2D eigenvalue weighted by molar-refractivity contribution is 6.14. The Hall–Kier alpha value is -3.32. The normalized spacial score (nSPS) is 14.4. The number of ether oxygens (including phenoxy) is 1. The van der Waals surface area contributed by atoms with E-state index in [2.05, 4.69) is 15.3 Å². The lowest BCUT2D eigenvalue weighted by Crippen LogP contribution is -2.28. The lowest BCUT2D eigenvalue weighted by atomic mass is 9.95. The summed E-state index contributed by atoms with van der Waals surface area (Å²) in [4.78, 5) is 8.64. The highest BCUT2D eigenvalue weighted by atomic mass is 19.1. The number of halogens is 1. The van der Waals surface area contributed by atoms with Crippen LogP contribution in [0.25, 0.3) is 11.3 Å². The third-order valence-corrected chi connectivity index (χ3v) is 5.65. The molecule has 31 heavy (non-hydrogen) atoms. The van der Waals surface area contributed by atoms with Gasteiger partial charge in [-0.3, -0.25) is 15.4 Å². The number of benzene rings is 1. The van der Waals surface area contributed by atoms with E-state index in [1.54, 1.807) is 36.7 Å². The maximum atomic E-state index is 14.2. The van der Waals surface area contributed by atoms with E-state index in [9.17, 15) is 4.39 Å². The van der Waals surface area contributed by atoms with Crippen LogP contribution in [0.1, 0.15) is 30.4 Å². The summed E-state index contributed by atoms with van der Waals surface area (Å²) in [5.41, 5.74) is 8.31. The molecule has 1 aliphatic rings. The highest BCUT2D eigenvalue weighted by Crippen LogP contribution is 2.30.